The Hall–Kier alpha value is -3.30. The summed E-state index contributed by atoms with van der Waals surface area (Å²) in [5.74, 6) is -0.137. The average molecular weight is 557 g/mol. The second-order valence-electron chi connectivity index (χ2n) is 9.15. The third-order valence-electron chi connectivity index (χ3n) is 5.87. The van der Waals surface area contributed by atoms with E-state index >= 15 is 0 Å². The molecule has 38 heavy (non-hydrogen) atoms. The standard InChI is InChI=1S/C23H27F3N6O5S/c1-12(2)37-19(20-27-8-13(3)9-28-20)14(4)38(34,35)31-22-30-29-21-17-7-15(23(24,25)26)5-6-18(17)36-11-16(10-33)32(21)22/h5-9,12,14,16,19,33H,10-11H2,1-4H3,(H,30,31)/t14-,16+,19+/m0/s1. The molecule has 0 aliphatic carbocycles. The molecule has 0 saturated heterocycles. The monoisotopic (exact) mass is 556 g/mol. The van der Waals surface area contributed by atoms with E-state index in [2.05, 4.69) is 24.9 Å². The Labute approximate surface area is 217 Å². The largest absolute Gasteiger partial charge is 0.491 e. The van der Waals surface area contributed by atoms with Crippen molar-refractivity contribution < 1.29 is 36.2 Å². The summed E-state index contributed by atoms with van der Waals surface area (Å²) in [6.07, 6.45) is -2.95. The van der Waals surface area contributed by atoms with Crippen LogP contribution in [-0.2, 0) is 20.9 Å². The van der Waals surface area contributed by atoms with Crippen LogP contribution in [0, 0.1) is 6.92 Å². The lowest BCUT2D eigenvalue weighted by Crippen LogP contribution is -2.35. The summed E-state index contributed by atoms with van der Waals surface area (Å²) in [5.41, 5.74) is -0.210. The number of aliphatic hydroxyl groups is 1. The van der Waals surface area contributed by atoms with Gasteiger partial charge in [0.2, 0.25) is 16.0 Å². The van der Waals surface area contributed by atoms with Crippen LogP contribution in [0.15, 0.2) is 30.6 Å². The van der Waals surface area contributed by atoms with E-state index in [1.54, 1.807) is 33.2 Å². The number of benzene rings is 1. The van der Waals surface area contributed by atoms with E-state index in [4.69, 9.17) is 9.47 Å². The number of fused-ring (bicyclic) bond motifs is 3. The number of halogens is 3. The average Bonchev–Trinajstić information content (AvgIpc) is 3.17. The lowest BCUT2D eigenvalue weighted by atomic mass is 10.1. The molecule has 0 fully saturated rings. The first-order valence-electron chi connectivity index (χ1n) is 11.7. The molecule has 3 aromatic rings. The van der Waals surface area contributed by atoms with Crippen LogP contribution in [0.4, 0.5) is 19.1 Å². The molecular formula is C23H27F3N6O5S. The Kier molecular flexibility index (Phi) is 7.63. The van der Waals surface area contributed by atoms with Gasteiger partial charge in [0, 0.05) is 12.4 Å². The minimum Gasteiger partial charge on any atom is -0.491 e. The van der Waals surface area contributed by atoms with Gasteiger partial charge in [0.05, 0.1) is 29.9 Å². The van der Waals surface area contributed by atoms with E-state index in [0.717, 1.165) is 23.8 Å². The summed E-state index contributed by atoms with van der Waals surface area (Å²) in [6, 6.07) is 1.97. The first-order valence-corrected chi connectivity index (χ1v) is 13.2. The molecule has 2 N–H and O–H groups in total. The molecule has 15 heteroatoms. The number of sulfonamides is 1. The van der Waals surface area contributed by atoms with E-state index < -0.39 is 45.8 Å². The normalized spacial score (nSPS) is 17.2. The summed E-state index contributed by atoms with van der Waals surface area (Å²) < 4.78 is 82.2. The lowest BCUT2D eigenvalue weighted by molar-refractivity contribution is -0.137. The number of aryl methyl sites for hydroxylation is 1. The zero-order valence-corrected chi connectivity index (χ0v) is 21.8. The van der Waals surface area contributed by atoms with Gasteiger partial charge in [-0.25, -0.2) is 18.4 Å². The highest BCUT2D eigenvalue weighted by atomic mass is 32.2. The number of hydrogen-bond acceptors (Lipinski definition) is 9. The molecule has 3 heterocycles. The van der Waals surface area contributed by atoms with Crippen LogP contribution in [0.1, 0.15) is 49.9 Å². The zero-order valence-electron chi connectivity index (χ0n) is 21.0. The molecule has 0 bridgehead atoms. The molecule has 11 nitrogen and oxygen atoms in total. The van der Waals surface area contributed by atoms with E-state index in [9.17, 15) is 26.7 Å². The second kappa shape index (κ2) is 10.5. The number of aromatic nitrogens is 5. The maximum Gasteiger partial charge on any atom is 0.416 e. The molecule has 0 saturated carbocycles. The van der Waals surface area contributed by atoms with Crippen molar-refractivity contribution in [2.24, 2.45) is 0 Å². The smallest absolute Gasteiger partial charge is 0.416 e. The van der Waals surface area contributed by atoms with Crippen LogP contribution in [0.2, 0.25) is 0 Å². The molecule has 4 rings (SSSR count). The molecule has 3 atom stereocenters. The van der Waals surface area contributed by atoms with Gasteiger partial charge in [0.1, 0.15) is 23.7 Å². The number of hydrogen-bond donors (Lipinski definition) is 2. The SMILES string of the molecule is Cc1cnc([C@H](OC(C)C)[C@H](C)S(=O)(=O)Nc2nnc3n2[C@H](CO)COc2ccc(C(F)(F)F)cc2-3)nc1. The molecule has 0 unspecified atom stereocenters. The third kappa shape index (κ3) is 5.59. The van der Waals surface area contributed by atoms with Crippen LogP contribution >= 0.6 is 0 Å². The molecule has 0 amide bonds. The fourth-order valence-corrected chi connectivity index (χ4v) is 4.99. The van der Waals surface area contributed by atoms with Gasteiger partial charge in [-0.3, -0.25) is 9.29 Å². The fraction of sp³-hybridized carbons (Fsp3) is 0.478. The number of nitrogens with one attached hydrogen (secondary N) is 1. The van der Waals surface area contributed by atoms with Gasteiger partial charge in [-0.05, 0) is 51.5 Å². The molecule has 1 aliphatic heterocycles. The van der Waals surface area contributed by atoms with Gasteiger partial charge < -0.3 is 14.6 Å². The Morgan fingerprint density at radius 1 is 1.21 bits per heavy atom. The van der Waals surface area contributed by atoms with Crippen molar-refractivity contribution in [2.45, 2.75) is 57.4 Å². The summed E-state index contributed by atoms with van der Waals surface area (Å²) in [5, 5.41) is 16.6. The van der Waals surface area contributed by atoms with Crippen LogP contribution < -0.4 is 9.46 Å². The van der Waals surface area contributed by atoms with E-state index in [1.807, 2.05) is 0 Å². The van der Waals surface area contributed by atoms with Gasteiger partial charge >= 0.3 is 6.18 Å². The zero-order chi connectivity index (χ0) is 27.8. The Balaban J connectivity index is 1.73. The van der Waals surface area contributed by atoms with E-state index in [-0.39, 0.29) is 41.6 Å². The van der Waals surface area contributed by atoms with Gasteiger partial charge in [0.25, 0.3) is 0 Å². The summed E-state index contributed by atoms with van der Waals surface area (Å²) in [4.78, 5) is 8.44. The third-order valence-corrected chi connectivity index (χ3v) is 7.57. The van der Waals surface area contributed by atoms with Gasteiger partial charge in [-0.2, -0.15) is 13.2 Å². The van der Waals surface area contributed by atoms with Crippen LogP contribution in [0.5, 0.6) is 5.75 Å². The second-order valence-corrected chi connectivity index (χ2v) is 11.2. The Bertz CT molecular complexity index is 1400. The van der Waals surface area contributed by atoms with Crippen molar-refractivity contribution >= 4 is 16.0 Å². The van der Waals surface area contributed by atoms with Crippen LogP contribution in [0.3, 0.4) is 0 Å². The summed E-state index contributed by atoms with van der Waals surface area (Å²) >= 11 is 0. The van der Waals surface area contributed by atoms with Crippen molar-refractivity contribution in [3.63, 3.8) is 0 Å². The minimum absolute atomic E-state index is 0.0455. The van der Waals surface area contributed by atoms with Gasteiger partial charge in [0.15, 0.2) is 11.6 Å². The molecule has 1 aromatic carbocycles. The Morgan fingerprint density at radius 2 is 1.89 bits per heavy atom. The highest BCUT2D eigenvalue weighted by molar-refractivity contribution is 7.93. The van der Waals surface area contributed by atoms with Gasteiger partial charge in [-0.1, -0.05) is 0 Å². The topological polar surface area (TPSA) is 141 Å². The lowest BCUT2D eigenvalue weighted by Gasteiger charge is -2.26. The molecule has 0 spiro atoms. The predicted molar refractivity (Wildman–Crippen MR) is 130 cm³/mol. The Morgan fingerprint density at radius 3 is 2.50 bits per heavy atom. The number of alkyl halides is 3. The summed E-state index contributed by atoms with van der Waals surface area (Å²) in [6.45, 7) is 6.00. The first kappa shape index (κ1) is 27.7. The van der Waals surface area contributed by atoms with Crippen molar-refractivity contribution in [1.82, 2.24) is 24.7 Å². The maximum absolute atomic E-state index is 13.5. The van der Waals surface area contributed by atoms with E-state index in [0.29, 0.717) is 0 Å². The van der Waals surface area contributed by atoms with Crippen molar-refractivity contribution in [3.8, 4) is 17.1 Å². The van der Waals surface area contributed by atoms with Crippen molar-refractivity contribution in [1.29, 1.82) is 0 Å². The first-order chi connectivity index (χ1) is 17.8. The molecule has 1 aliphatic rings. The predicted octanol–water partition coefficient (Wildman–Crippen LogP) is 3.28. The fourth-order valence-electron chi connectivity index (χ4n) is 3.90. The molecule has 0 radical (unpaired) electrons. The van der Waals surface area contributed by atoms with Crippen LogP contribution in [-0.4, -0.2) is 62.8 Å². The number of aliphatic hydroxyl groups excluding tert-OH is 1. The van der Waals surface area contributed by atoms with Gasteiger partial charge in [-0.15, -0.1) is 10.2 Å². The molecular weight excluding hydrogens is 529 g/mol. The quantitative estimate of drug-likeness (QED) is 0.428. The number of rotatable bonds is 8. The highest BCUT2D eigenvalue weighted by Gasteiger charge is 2.38. The highest BCUT2D eigenvalue weighted by Crippen LogP contribution is 2.40. The molecule has 2 aromatic heterocycles. The number of ether oxygens (including phenoxy) is 2. The number of anilines is 1. The summed E-state index contributed by atoms with van der Waals surface area (Å²) in [7, 11) is -4.25. The number of nitrogens with zero attached hydrogens (tertiary/aromatic N) is 5. The molecule has 206 valence electrons. The van der Waals surface area contributed by atoms with E-state index in [1.165, 1.54) is 11.5 Å². The van der Waals surface area contributed by atoms with Crippen LogP contribution in [0.25, 0.3) is 11.4 Å². The van der Waals surface area contributed by atoms with Crippen molar-refractivity contribution in [2.75, 3.05) is 17.9 Å². The minimum atomic E-state index is -4.63. The maximum atomic E-state index is 13.5. The van der Waals surface area contributed by atoms with Crippen molar-refractivity contribution in [3.05, 3.63) is 47.5 Å².